The number of Topliss-reactive ketones (excluding diaryl/α,β-unsaturated/α-hetero) is 1. The Bertz CT molecular complexity index is 110. The van der Waals surface area contributed by atoms with E-state index in [1.54, 1.807) is 26.8 Å². The summed E-state index contributed by atoms with van der Waals surface area (Å²) in [4.78, 5) is 9.81. The summed E-state index contributed by atoms with van der Waals surface area (Å²) in [5.74, 6) is 0.634. The van der Waals surface area contributed by atoms with Crippen LogP contribution in [0.15, 0.2) is 11.8 Å². The zero-order chi connectivity index (χ0) is 8.57. The largest absolute Gasteiger partial charge is 0.513 e. The van der Waals surface area contributed by atoms with Crippen LogP contribution in [0.3, 0.4) is 0 Å². The van der Waals surface area contributed by atoms with E-state index in [0.29, 0.717) is 12.2 Å². The Morgan fingerprint density at radius 2 is 1.70 bits per heavy atom. The molecule has 0 amide bonds. The molecule has 2 heteroatoms. The lowest BCUT2D eigenvalue weighted by molar-refractivity contribution is -0.116. The van der Waals surface area contributed by atoms with Crippen molar-refractivity contribution in [1.82, 2.24) is 0 Å². The lowest BCUT2D eigenvalue weighted by atomic mass is 10.4. The van der Waals surface area contributed by atoms with Gasteiger partial charge in [-0.15, -0.1) is 0 Å². The lowest BCUT2D eigenvalue weighted by Gasteiger charge is -1.75. The quantitative estimate of drug-likeness (QED) is 0.574. The Balaban J connectivity index is 0. The molecule has 10 heavy (non-hydrogen) atoms. The maximum absolute atomic E-state index is 9.81. The van der Waals surface area contributed by atoms with Crippen LogP contribution in [0.25, 0.3) is 0 Å². The Labute approximate surface area is 62.6 Å². The number of hydrogen-bond acceptors (Lipinski definition) is 2. The first-order chi connectivity index (χ1) is 4.54. The highest BCUT2D eigenvalue weighted by atomic mass is 16.3. The van der Waals surface area contributed by atoms with Crippen LogP contribution in [0.1, 0.15) is 34.1 Å². The highest BCUT2D eigenvalue weighted by molar-refractivity contribution is 5.74. The number of rotatable bonds is 1. The molecule has 0 atom stereocenters. The molecule has 0 aromatic heterocycles. The fourth-order valence-corrected chi connectivity index (χ4v) is 0. The average Bonchev–Trinajstić information content (AvgIpc) is 1.89. The van der Waals surface area contributed by atoms with Gasteiger partial charge in [-0.3, -0.25) is 0 Å². The number of allylic oxidation sites excluding steroid dienone is 2. The van der Waals surface area contributed by atoms with Gasteiger partial charge in [0.2, 0.25) is 0 Å². The Hall–Kier alpha value is -0.790. The van der Waals surface area contributed by atoms with Crippen molar-refractivity contribution in [1.29, 1.82) is 0 Å². The van der Waals surface area contributed by atoms with Crippen LogP contribution in [-0.4, -0.2) is 10.9 Å². The standard InChI is InChI=1S/2C4H8O/c2*1-3-4(2)5/h3H2,1-2H3;3,5H,1-2H3. The minimum atomic E-state index is 0.255. The molecular formula is C8H16O2. The second-order valence-electron chi connectivity index (χ2n) is 1.99. The van der Waals surface area contributed by atoms with Gasteiger partial charge in [0.15, 0.2) is 0 Å². The fraction of sp³-hybridized carbons (Fsp3) is 0.625. The molecule has 0 aliphatic heterocycles. The van der Waals surface area contributed by atoms with Crippen molar-refractivity contribution >= 4 is 5.78 Å². The molecule has 60 valence electrons. The van der Waals surface area contributed by atoms with Crippen LogP contribution in [0.4, 0.5) is 0 Å². The lowest BCUT2D eigenvalue weighted by Crippen LogP contribution is -1.80. The summed E-state index contributed by atoms with van der Waals surface area (Å²) in [5.41, 5.74) is 0. The van der Waals surface area contributed by atoms with E-state index in [1.807, 2.05) is 6.92 Å². The van der Waals surface area contributed by atoms with Gasteiger partial charge >= 0.3 is 0 Å². The first kappa shape index (κ1) is 11.9. The first-order valence-corrected chi connectivity index (χ1v) is 3.35. The highest BCUT2D eigenvalue weighted by Crippen LogP contribution is 1.77. The van der Waals surface area contributed by atoms with Crippen LogP contribution in [-0.2, 0) is 4.79 Å². The topological polar surface area (TPSA) is 37.3 Å². The summed E-state index contributed by atoms with van der Waals surface area (Å²) >= 11 is 0. The first-order valence-electron chi connectivity index (χ1n) is 3.35. The van der Waals surface area contributed by atoms with Crippen molar-refractivity contribution in [3.8, 4) is 0 Å². The van der Waals surface area contributed by atoms with E-state index in [1.165, 1.54) is 0 Å². The molecule has 0 heterocycles. The van der Waals surface area contributed by atoms with E-state index in [-0.39, 0.29) is 5.78 Å². The number of carbonyl (C=O) groups excluding carboxylic acids is 1. The Morgan fingerprint density at radius 1 is 1.50 bits per heavy atom. The average molecular weight is 144 g/mol. The van der Waals surface area contributed by atoms with E-state index in [0.717, 1.165) is 0 Å². The van der Waals surface area contributed by atoms with Crippen LogP contribution >= 0.6 is 0 Å². The summed E-state index contributed by atoms with van der Waals surface area (Å²) in [6.45, 7) is 6.86. The molecule has 0 rings (SSSR count). The van der Waals surface area contributed by atoms with Gasteiger partial charge in [0.05, 0.1) is 5.76 Å². The van der Waals surface area contributed by atoms with Gasteiger partial charge in [-0.25, -0.2) is 0 Å². The predicted octanol–water partition coefficient (Wildman–Crippen LogP) is 2.45. The number of carbonyl (C=O) groups is 1. The van der Waals surface area contributed by atoms with Gasteiger partial charge in [-0.2, -0.15) is 0 Å². The van der Waals surface area contributed by atoms with Crippen molar-refractivity contribution in [2.75, 3.05) is 0 Å². The van der Waals surface area contributed by atoms with Crippen LogP contribution < -0.4 is 0 Å². The second kappa shape index (κ2) is 8.21. The molecule has 2 nitrogen and oxygen atoms in total. The van der Waals surface area contributed by atoms with Gasteiger partial charge in [0.25, 0.3) is 0 Å². The van der Waals surface area contributed by atoms with Gasteiger partial charge in [0.1, 0.15) is 5.78 Å². The smallest absolute Gasteiger partial charge is 0.129 e. The van der Waals surface area contributed by atoms with Crippen molar-refractivity contribution < 1.29 is 9.90 Å². The van der Waals surface area contributed by atoms with Crippen molar-refractivity contribution in [2.24, 2.45) is 0 Å². The zero-order valence-corrected chi connectivity index (χ0v) is 7.14. The monoisotopic (exact) mass is 144 g/mol. The number of aliphatic hydroxyl groups is 1. The minimum Gasteiger partial charge on any atom is -0.513 e. The SMILES string of the molecule is CC=C(C)O.CCC(C)=O. The van der Waals surface area contributed by atoms with Crippen LogP contribution in [0.5, 0.6) is 0 Å². The normalized spacial score (nSPS) is 9.80. The van der Waals surface area contributed by atoms with Gasteiger partial charge < -0.3 is 9.90 Å². The Morgan fingerprint density at radius 3 is 1.70 bits per heavy atom. The van der Waals surface area contributed by atoms with E-state index >= 15 is 0 Å². The van der Waals surface area contributed by atoms with Crippen LogP contribution in [0, 0.1) is 0 Å². The van der Waals surface area contributed by atoms with E-state index in [4.69, 9.17) is 5.11 Å². The third-order valence-corrected chi connectivity index (χ3v) is 0.916. The molecule has 0 bridgehead atoms. The van der Waals surface area contributed by atoms with Crippen molar-refractivity contribution in [3.05, 3.63) is 11.8 Å². The zero-order valence-electron chi connectivity index (χ0n) is 7.14. The van der Waals surface area contributed by atoms with Crippen molar-refractivity contribution in [2.45, 2.75) is 34.1 Å². The molecule has 0 spiro atoms. The molecule has 0 aromatic carbocycles. The maximum atomic E-state index is 9.81. The van der Waals surface area contributed by atoms with Gasteiger partial charge in [-0.05, 0) is 20.8 Å². The predicted molar refractivity (Wildman–Crippen MR) is 43.0 cm³/mol. The molecule has 0 aliphatic rings. The summed E-state index contributed by atoms with van der Waals surface area (Å²) in [7, 11) is 0. The Kier molecular flexibility index (Phi) is 9.80. The molecule has 1 N–H and O–H groups in total. The molecule has 0 fully saturated rings. The van der Waals surface area contributed by atoms with Crippen molar-refractivity contribution in [3.63, 3.8) is 0 Å². The third kappa shape index (κ3) is 27.0. The summed E-state index contributed by atoms with van der Waals surface area (Å²) in [6.07, 6.45) is 2.31. The number of aliphatic hydroxyl groups excluding tert-OH is 1. The molecule has 0 radical (unpaired) electrons. The second-order valence-corrected chi connectivity index (χ2v) is 1.99. The number of ketones is 1. The molecule has 0 saturated carbocycles. The summed E-state index contributed by atoms with van der Waals surface area (Å²) in [5, 5.41) is 8.22. The summed E-state index contributed by atoms with van der Waals surface area (Å²) in [6, 6.07) is 0. The van der Waals surface area contributed by atoms with E-state index < -0.39 is 0 Å². The summed E-state index contributed by atoms with van der Waals surface area (Å²) < 4.78 is 0. The molecule has 0 saturated heterocycles. The van der Waals surface area contributed by atoms with Gasteiger partial charge in [0, 0.05) is 6.42 Å². The molecule has 0 unspecified atom stereocenters. The fourth-order valence-electron chi connectivity index (χ4n) is 0. The maximum Gasteiger partial charge on any atom is 0.129 e. The van der Waals surface area contributed by atoms with E-state index in [2.05, 4.69) is 0 Å². The molecule has 0 aliphatic carbocycles. The highest BCUT2D eigenvalue weighted by Gasteiger charge is 1.76. The molecular weight excluding hydrogens is 128 g/mol. The van der Waals surface area contributed by atoms with Gasteiger partial charge in [-0.1, -0.05) is 13.0 Å². The third-order valence-electron chi connectivity index (χ3n) is 0.916. The minimum absolute atomic E-state index is 0.255. The number of hydrogen-bond donors (Lipinski definition) is 1. The van der Waals surface area contributed by atoms with Crippen LogP contribution in [0.2, 0.25) is 0 Å². The molecule has 0 aromatic rings. The van der Waals surface area contributed by atoms with E-state index in [9.17, 15) is 4.79 Å².